The number of hydrogen-bond donors (Lipinski definition) is 1. The Bertz CT molecular complexity index is 475. The summed E-state index contributed by atoms with van der Waals surface area (Å²) in [5.74, 6) is 0.122. The highest BCUT2D eigenvalue weighted by Gasteiger charge is 2.44. The Hall–Kier alpha value is -0.970. The summed E-state index contributed by atoms with van der Waals surface area (Å²) >= 11 is 0. The van der Waals surface area contributed by atoms with Crippen LogP contribution in [-0.2, 0) is 15.0 Å². The molecule has 0 bridgehead atoms. The predicted molar refractivity (Wildman–Crippen MR) is 79.4 cm³/mol. The largest absolute Gasteiger partial charge is 0.381 e. The molecule has 3 nitrogen and oxygen atoms in total. The number of ether oxygens (including phenoxy) is 2. The first-order chi connectivity index (χ1) is 10.0. The number of hydrogen-bond acceptors (Lipinski definition) is 3. The van der Waals surface area contributed by atoms with Gasteiger partial charge in [0.1, 0.15) is 5.82 Å². The second-order valence-electron chi connectivity index (χ2n) is 6.62. The fourth-order valence-corrected chi connectivity index (χ4v) is 3.68. The number of nitrogens with two attached hydrogens (primary N) is 1. The molecule has 4 heteroatoms. The first-order valence-corrected chi connectivity index (χ1v) is 7.79. The van der Waals surface area contributed by atoms with E-state index in [0.29, 0.717) is 5.92 Å². The van der Waals surface area contributed by atoms with E-state index in [4.69, 9.17) is 15.2 Å². The van der Waals surface area contributed by atoms with E-state index in [1.165, 1.54) is 12.1 Å². The fourth-order valence-electron chi connectivity index (χ4n) is 3.68. The normalized spacial score (nSPS) is 28.2. The van der Waals surface area contributed by atoms with Gasteiger partial charge in [-0.05, 0) is 56.2 Å². The van der Waals surface area contributed by atoms with Crippen molar-refractivity contribution < 1.29 is 13.9 Å². The molecule has 21 heavy (non-hydrogen) atoms. The Balaban J connectivity index is 1.79. The number of halogens is 1. The van der Waals surface area contributed by atoms with E-state index >= 15 is 0 Å². The van der Waals surface area contributed by atoms with Gasteiger partial charge in [0, 0.05) is 25.4 Å². The average Bonchev–Trinajstić information content (AvgIpc) is 2.48. The van der Waals surface area contributed by atoms with Crippen molar-refractivity contribution in [1.29, 1.82) is 0 Å². The molecular weight excluding hydrogens is 269 g/mol. The molecule has 2 heterocycles. The minimum Gasteiger partial charge on any atom is -0.381 e. The van der Waals surface area contributed by atoms with Crippen LogP contribution in [0.4, 0.5) is 4.39 Å². The number of rotatable bonds is 2. The third kappa shape index (κ3) is 2.98. The molecule has 116 valence electrons. The first-order valence-electron chi connectivity index (χ1n) is 7.79. The van der Waals surface area contributed by atoms with Gasteiger partial charge >= 0.3 is 0 Å². The lowest BCUT2D eigenvalue weighted by atomic mass is 9.70. The molecule has 0 saturated carbocycles. The molecule has 2 N–H and O–H groups in total. The third-order valence-corrected chi connectivity index (χ3v) is 5.21. The summed E-state index contributed by atoms with van der Waals surface area (Å²) in [6, 6.07) is 6.59. The summed E-state index contributed by atoms with van der Waals surface area (Å²) < 4.78 is 24.7. The van der Waals surface area contributed by atoms with Gasteiger partial charge in [-0.25, -0.2) is 4.39 Å². The van der Waals surface area contributed by atoms with Crippen LogP contribution < -0.4 is 5.73 Å². The highest BCUT2D eigenvalue weighted by Crippen LogP contribution is 2.43. The Kier molecular flexibility index (Phi) is 4.04. The smallest absolute Gasteiger partial charge is 0.123 e. The van der Waals surface area contributed by atoms with Crippen LogP contribution in [-0.4, -0.2) is 25.4 Å². The standard InChI is InChI=1S/C17H24FNO2/c1-16(19,13-2-4-15(18)5-3-13)14-6-9-21-17(12-14)7-10-20-11-8-17/h2-5,14H,6-12,19H2,1H3. The monoisotopic (exact) mass is 293 g/mol. The average molecular weight is 293 g/mol. The highest BCUT2D eigenvalue weighted by atomic mass is 19.1. The highest BCUT2D eigenvalue weighted by molar-refractivity contribution is 5.25. The van der Waals surface area contributed by atoms with Gasteiger partial charge < -0.3 is 15.2 Å². The van der Waals surface area contributed by atoms with Crippen LogP contribution in [0.5, 0.6) is 0 Å². The van der Waals surface area contributed by atoms with Gasteiger partial charge in [0.15, 0.2) is 0 Å². The maximum Gasteiger partial charge on any atom is 0.123 e. The molecule has 2 aliphatic rings. The summed E-state index contributed by atoms with van der Waals surface area (Å²) in [6.07, 6.45) is 3.81. The molecular formula is C17H24FNO2. The van der Waals surface area contributed by atoms with Crippen molar-refractivity contribution in [2.75, 3.05) is 19.8 Å². The molecule has 1 aromatic carbocycles. The first kappa shape index (κ1) is 14.9. The molecule has 0 aliphatic carbocycles. The Morgan fingerprint density at radius 1 is 1.19 bits per heavy atom. The molecule has 2 atom stereocenters. The van der Waals surface area contributed by atoms with Crippen LogP contribution >= 0.6 is 0 Å². The molecule has 2 fully saturated rings. The Labute approximate surface area is 125 Å². The van der Waals surface area contributed by atoms with Crippen molar-refractivity contribution in [2.24, 2.45) is 11.7 Å². The van der Waals surface area contributed by atoms with E-state index in [1.54, 1.807) is 12.1 Å². The van der Waals surface area contributed by atoms with Crippen LogP contribution in [0.15, 0.2) is 24.3 Å². The van der Waals surface area contributed by atoms with Crippen molar-refractivity contribution in [3.05, 3.63) is 35.6 Å². The topological polar surface area (TPSA) is 44.5 Å². The van der Waals surface area contributed by atoms with E-state index in [0.717, 1.165) is 51.1 Å². The lowest BCUT2D eigenvalue weighted by molar-refractivity contribution is -0.154. The zero-order valence-corrected chi connectivity index (χ0v) is 12.6. The summed E-state index contributed by atoms with van der Waals surface area (Å²) in [4.78, 5) is 0. The predicted octanol–water partition coefficient (Wildman–Crippen LogP) is 2.98. The third-order valence-electron chi connectivity index (χ3n) is 5.21. The quantitative estimate of drug-likeness (QED) is 0.911. The van der Waals surface area contributed by atoms with Gasteiger partial charge in [0.05, 0.1) is 5.60 Å². The van der Waals surface area contributed by atoms with E-state index in [1.807, 2.05) is 0 Å². The molecule has 0 aromatic heterocycles. The molecule has 2 aliphatic heterocycles. The van der Waals surface area contributed by atoms with Gasteiger partial charge in [0.2, 0.25) is 0 Å². The molecule has 1 spiro atoms. The van der Waals surface area contributed by atoms with E-state index < -0.39 is 5.54 Å². The molecule has 2 saturated heterocycles. The molecule has 1 aromatic rings. The van der Waals surface area contributed by atoms with Crippen LogP contribution in [0.25, 0.3) is 0 Å². The van der Waals surface area contributed by atoms with Crippen LogP contribution in [0, 0.1) is 11.7 Å². The Morgan fingerprint density at radius 2 is 1.86 bits per heavy atom. The van der Waals surface area contributed by atoms with Crippen LogP contribution in [0.3, 0.4) is 0 Å². The van der Waals surface area contributed by atoms with Crippen molar-refractivity contribution >= 4 is 0 Å². The summed E-state index contributed by atoms with van der Waals surface area (Å²) in [5, 5.41) is 0. The molecule has 3 rings (SSSR count). The zero-order chi connectivity index (χ0) is 14.9. The molecule has 0 radical (unpaired) electrons. The Morgan fingerprint density at radius 3 is 2.52 bits per heavy atom. The van der Waals surface area contributed by atoms with Crippen LogP contribution in [0.1, 0.15) is 38.2 Å². The maximum absolute atomic E-state index is 13.1. The molecule has 2 unspecified atom stereocenters. The summed E-state index contributed by atoms with van der Waals surface area (Å²) in [7, 11) is 0. The summed E-state index contributed by atoms with van der Waals surface area (Å²) in [5.41, 5.74) is 7.12. The summed E-state index contributed by atoms with van der Waals surface area (Å²) in [6.45, 7) is 4.34. The van der Waals surface area contributed by atoms with Crippen molar-refractivity contribution in [1.82, 2.24) is 0 Å². The molecule has 0 amide bonds. The van der Waals surface area contributed by atoms with Gasteiger partial charge in [-0.1, -0.05) is 12.1 Å². The number of benzene rings is 1. The van der Waals surface area contributed by atoms with Gasteiger partial charge in [-0.2, -0.15) is 0 Å². The minimum absolute atomic E-state index is 0.0676. The van der Waals surface area contributed by atoms with Crippen molar-refractivity contribution in [2.45, 2.75) is 43.7 Å². The van der Waals surface area contributed by atoms with Crippen molar-refractivity contribution in [3.63, 3.8) is 0 Å². The lowest BCUT2D eigenvalue weighted by Gasteiger charge is -2.47. The SMILES string of the molecule is CC(N)(c1ccc(F)cc1)C1CCOC2(CCOCC2)C1. The minimum atomic E-state index is -0.456. The van der Waals surface area contributed by atoms with Crippen molar-refractivity contribution in [3.8, 4) is 0 Å². The van der Waals surface area contributed by atoms with Gasteiger partial charge in [0.25, 0.3) is 0 Å². The fraction of sp³-hybridized carbons (Fsp3) is 0.647. The van der Waals surface area contributed by atoms with Gasteiger partial charge in [-0.15, -0.1) is 0 Å². The van der Waals surface area contributed by atoms with E-state index in [-0.39, 0.29) is 11.4 Å². The van der Waals surface area contributed by atoms with Crippen LogP contribution in [0.2, 0.25) is 0 Å². The van der Waals surface area contributed by atoms with Gasteiger partial charge in [-0.3, -0.25) is 0 Å². The lowest BCUT2D eigenvalue weighted by Crippen LogP contribution is -2.51. The second-order valence-corrected chi connectivity index (χ2v) is 6.62. The second kappa shape index (κ2) is 5.67. The zero-order valence-electron chi connectivity index (χ0n) is 12.6. The maximum atomic E-state index is 13.1. The van der Waals surface area contributed by atoms with E-state index in [9.17, 15) is 4.39 Å². The van der Waals surface area contributed by atoms with E-state index in [2.05, 4.69) is 6.92 Å².